The fraction of sp³-hybridized carbons (Fsp3) is 0.643. The Bertz CT molecular complexity index is 394. The summed E-state index contributed by atoms with van der Waals surface area (Å²) in [6, 6.07) is 4.50. The molecule has 1 atom stereocenters. The van der Waals surface area contributed by atoms with E-state index in [9.17, 15) is 4.79 Å². The van der Waals surface area contributed by atoms with Gasteiger partial charge in [0.25, 0.3) is 0 Å². The molecule has 18 heavy (non-hydrogen) atoms. The lowest BCUT2D eigenvalue weighted by atomic mass is 9.99. The van der Waals surface area contributed by atoms with Gasteiger partial charge in [-0.1, -0.05) is 6.07 Å². The number of thiophene rings is 1. The summed E-state index contributed by atoms with van der Waals surface area (Å²) in [6.45, 7) is 4.84. The number of hydrogen-bond acceptors (Lipinski definition) is 3. The predicted octanol–water partition coefficient (Wildman–Crippen LogP) is 2.93. The van der Waals surface area contributed by atoms with Crippen LogP contribution in [0.3, 0.4) is 0 Å². The van der Waals surface area contributed by atoms with E-state index in [0.717, 1.165) is 25.8 Å². The first kappa shape index (κ1) is 13.6. The molecule has 0 spiro atoms. The third kappa shape index (κ3) is 3.33. The predicted molar refractivity (Wildman–Crippen MR) is 75.5 cm³/mol. The second-order valence-electron chi connectivity index (χ2n) is 5.75. The molecule has 0 aliphatic carbocycles. The summed E-state index contributed by atoms with van der Waals surface area (Å²) in [6.07, 6.45) is 3.52. The zero-order chi connectivity index (χ0) is 13.2. The lowest BCUT2D eigenvalue weighted by molar-refractivity contribution is -0.132. The molecule has 0 saturated carbocycles. The molecule has 1 fully saturated rings. The quantitative estimate of drug-likeness (QED) is 0.910. The Morgan fingerprint density at radius 2 is 2.39 bits per heavy atom. The Hall–Kier alpha value is -0.870. The summed E-state index contributed by atoms with van der Waals surface area (Å²) in [5.41, 5.74) is 5.69. The molecule has 1 aliphatic heterocycles. The third-order valence-corrected chi connectivity index (χ3v) is 4.40. The van der Waals surface area contributed by atoms with Gasteiger partial charge >= 0.3 is 0 Å². The molecule has 1 aromatic rings. The standard InChI is InChI=1S/C14H22N2OS/c1-14(2,15)8-7-13(17)16-9-3-5-11(16)12-6-4-10-18-12/h4,6,10-11H,3,5,7-9,15H2,1-2H3. The highest BCUT2D eigenvalue weighted by Crippen LogP contribution is 2.35. The smallest absolute Gasteiger partial charge is 0.223 e. The van der Waals surface area contributed by atoms with E-state index in [1.54, 1.807) is 11.3 Å². The number of nitrogens with zero attached hydrogens (tertiary/aromatic N) is 1. The van der Waals surface area contributed by atoms with Crippen molar-refractivity contribution in [2.24, 2.45) is 5.73 Å². The van der Waals surface area contributed by atoms with E-state index in [2.05, 4.69) is 17.5 Å². The Balaban J connectivity index is 1.97. The van der Waals surface area contributed by atoms with Crippen LogP contribution < -0.4 is 5.73 Å². The number of rotatable bonds is 4. The Morgan fingerprint density at radius 1 is 1.61 bits per heavy atom. The molecule has 2 rings (SSSR count). The molecule has 2 heterocycles. The zero-order valence-corrected chi connectivity index (χ0v) is 12.0. The molecule has 100 valence electrons. The molecule has 0 aromatic carbocycles. The van der Waals surface area contributed by atoms with Gasteiger partial charge in [0.2, 0.25) is 5.91 Å². The molecular formula is C14H22N2OS. The largest absolute Gasteiger partial charge is 0.335 e. The van der Waals surface area contributed by atoms with Gasteiger partial charge in [0.15, 0.2) is 0 Å². The van der Waals surface area contributed by atoms with Crippen molar-refractivity contribution in [2.75, 3.05) is 6.54 Å². The van der Waals surface area contributed by atoms with Crippen LogP contribution in [0.5, 0.6) is 0 Å². The molecule has 2 N–H and O–H groups in total. The number of carbonyl (C=O) groups excluding carboxylic acids is 1. The number of hydrogen-bond donors (Lipinski definition) is 1. The Morgan fingerprint density at radius 3 is 3.00 bits per heavy atom. The lowest BCUT2D eigenvalue weighted by Gasteiger charge is -2.26. The van der Waals surface area contributed by atoms with Crippen molar-refractivity contribution in [1.29, 1.82) is 0 Å². The number of nitrogens with two attached hydrogens (primary N) is 1. The second kappa shape index (κ2) is 5.41. The molecular weight excluding hydrogens is 244 g/mol. The minimum absolute atomic E-state index is 0.254. The highest BCUT2D eigenvalue weighted by Gasteiger charge is 2.30. The monoisotopic (exact) mass is 266 g/mol. The first-order valence-corrected chi connectivity index (χ1v) is 7.47. The summed E-state index contributed by atoms with van der Waals surface area (Å²) in [5.74, 6) is 0.254. The Labute approximate surface area is 113 Å². The third-order valence-electron chi connectivity index (χ3n) is 3.43. The van der Waals surface area contributed by atoms with Crippen LogP contribution in [0.1, 0.15) is 50.4 Å². The Kier molecular flexibility index (Phi) is 4.07. The second-order valence-corrected chi connectivity index (χ2v) is 6.73. The maximum atomic E-state index is 12.3. The van der Waals surface area contributed by atoms with Gasteiger partial charge in [0.1, 0.15) is 0 Å². The molecule has 0 bridgehead atoms. The molecule has 3 nitrogen and oxygen atoms in total. The summed E-state index contributed by atoms with van der Waals surface area (Å²) in [5, 5.41) is 2.08. The van der Waals surface area contributed by atoms with Crippen molar-refractivity contribution in [2.45, 2.75) is 51.1 Å². The average Bonchev–Trinajstić information content (AvgIpc) is 2.94. The van der Waals surface area contributed by atoms with Gasteiger partial charge in [0.05, 0.1) is 6.04 Å². The van der Waals surface area contributed by atoms with E-state index >= 15 is 0 Å². The van der Waals surface area contributed by atoms with Gasteiger partial charge < -0.3 is 10.6 Å². The van der Waals surface area contributed by atoms with Crippen LogP contribution in [0.15, 0.2) is 17.5 Å². The van der Waals surface area contributed by atoms with Crippen LogP contribution in [0.2, 0.25) is 0 Å². The number of amides is 1. The van der Waals surface area contributed by atoms with Crippen LogP contribution in [-0.4, -0.2) is 22.9 Å². The van der Waals surface area contributed by atoms with Crippen molar-refractivity contribution in [3.8, 4) is 0 Å². The molecule has 1 aromatic heterocycles. The van der Waals surface area contributed by atoms with E-state index in [1.165, 1.54) is 4.88 Å². The van der Waals surface area contributed by atoms with E-state index in [4.69, 9.17) is 5.73 Å². The number of carbonyl (C=O) groups is 1. The van der Waals surface area contributed by atoms with Crippen LogP contribution >= 0.6 is 11.3 Å². The van der Waals surface area contributed by atoms with E-state index in [-0.39, 0.29) is 11.4 Å². The summed E-state index contributed by atoms with van der Waals surface area (Å²) in [7, 11) is 0. The topological polar surface area (TPSA) is 46.3 Å². The van der Waals surface area contributed by atoms with E-state index in [1.807, 2.05) is 18.7 Å². The van der Waals surface area contributed by atoms with Crippen LogP contribution in [-0.2, 0) is 4.79 Å². The van der Waals surface area contributed by atoms with Crippen molar-refractivity contribution >= 4 is 17.2 Å². The zero-order valence-electron chi connectivity index (χ0n) is 11.2. The molecule has 1 aliphatic rings. The summed E-state index contributed by atoms with van der Waals surface area (Å²) in [4.78, 5) is 15.6. The molecule has 1 unspecified atom stereocenters. The van der Waals surface area contributed by atoms with Crippen LogP contribution in [0.25, 0.3) is 0 Å². The van der Waals surface area contributed by atoms with Crippen LogP contribution in [0.4, 0.5) is 0 Å². The maximum absolute atomic E-state index is 12.3. The SMILES string of the molecule is CC(C)(N)CCC(=O)N1CCCC1c1cccs1. The van der Waals surface area contributed by atoms with E-state index in [0.29, 0.717) is 12.5 Å². The van der Waals surface area contributed by atoms with Crippen molar-refractivity contribution in [3.05, 3.63) is 22.4 Å². The van der Waals surface area contributed by atoms with Crippen molar-refractivity contribution in [3.63, 3.8) is 0 Å². The van der Waals surface area contributed by atoms with Gasteiger partial charge in [-0.3, -0.25) is 4.79 Å². The van der Waals surface area contributed by atoms with Gasteiger partial charge in [-0.25, -0.2) is 0 Å². The molecule has 0 radical (unpaired) electrons. The minimum atomic E-state index is -0.256. The highest BCUT2D eigenvalue weighted by atomic mass is 32.1. The van der Waals surface area contributed by atoms with E-state index < -0.39 is 0 Å². The minimum Gasteiger partial charge on any atom is -0.335 e. The van der Waals surface area contributed by atoms with Gasteiger partial charge in [-0.2, -0.15) is 0 Å². The van der Waals surface area contributed by atoms with Gasteiger partial charge in [-0.15, -0.1) is 11.3 Å². The van der Waals surface area contributed by atoms with Gasteiger partial charge in [0, 0.05) is 23.4 Å². The van der Waals surface area contributed by atoms with Crippen molar-refractivity contribution < 1.29 is 4.79 Å². The number of likely N-dealkylation sites (tertiary alicyclic amines) is 1. The summed E-state index contributed by atoms with van der Waals surface area (Å²) < 4.78 is 0. The van der Waals surface area contributed by atoms with Crippen LogP contribution in [0, 0.1) is 0 Å². The highest BCUT2D eigenvalue weighted by molar-refractivity contribution is 7.10. The first-order valence-electron chi connectivity index (χ1n) is 6.59. The molecule has 1 amide bonds. The first-order chi connectivity index (χ1) is 8.47. The average molecular weight is 266 g/mol. The van der Waals surface area contributed by atoms with Gasteiger partial charge in [-0.05, 0) is 44.6 Å². The maximum Gasteiger partial charge on any atom is 0.223 e. The molecule has 4 heteroatoms. The van der Waals surface area contributed by atoms with Crippen molar-refractivity contribution in [1.82, 2.24) is 4.90 Å². The lowest BCUT2D eigenvalue weighted by Crippen LogP contribution is -2.36. The normalized spacial score (nSPS) is 20.4. The fourth-order valence-corrected chi connectivity index (χ4v) is 3.29. The fourth-order valence-electron chi connectivity index (χ4n) is 2.41. The summed E-state index contributed by atoms with van der Waals surface area (Å²) >= 11 is 1.75. The molecule has 1 saturated heterocycles.